The van der Waals surface area contributed by atoms with Gasteiger partial charge >= 0.3 is 0 Å². The van der Waals surface area contributed by atoms with Gasteiger partial charge in [0.25, 0.3) is 0 Å². The summed E-state index contributed by atoms with van der Waals surface area (Å²) in [7, 11) is -3.70. The van der Waals surface area contributed by atoms with E-state index in [1.165, 1.54) is 30.7 Å². The molecule has 29 heavy (non-hydrogen) atoms. The molecule has 2 atom stereocenters. The molecule has 1 aliphatic carbocycles. The van der Waals surface area contributed by atoms with E-state index in [2.05, 4.69) is 20.4 Å². The number of rotatable bonds is 7. The third kappa shape index (κ3) is 4.04. The molecule has 3 heterocycles. The first kappa shape index (κ1) is 19.3. The molecule has 0 saturated heterocycles. The molecule has 1 N–H and O–H groups in total. The van der Waals surface area contributed by atoms with E-state index in [4.69, 9.17) is 0 Å². The van der Waals surface area contributed by atoms with Crippen LogP contribution < -0.4 is 5.32 Å². The summed E-state index contributed by atoms with van der Waals surface area (Å²) in [5, 5.41) is 6.83. The molecule has 9 heteroatoms. The van der Waals surface area contributed by atoms with Gasteiger partial charge in [-0.25, -0.2) is 13.4 Å². The van der Waals surface area contributed by atoms with Crippen molar-refractivity contribution < 1.29 is 13.2 Å². The molecule has 1 aliphatic rings. The van der Waals surface area contributed by atoms with Crippen molar-refractivity contribution in [3.63, 3.8) is 0 Å². The fourth-order valence-corrected chi connectivity index (χ4v) is 4.41. The summed E-state index contributed by atoms with van der Waals surface area (Å²) in [6, 6.07) is 6.77. The standard InChI is InChI=1S/C20H21N5O3S/c1-2-8-25-13-16(12-23-25)29(27,28)15-5-6-19(22-11-15)24-20(26)18-9-17(18)14-4-3-7-21-10-14/h3-7,10-13,17-18H,2,8-9H2,1H3,(H,22,24,26)/t17?,18-/m1/s1. The molecule has 8 nitrogen and oxygen atoms in total. The maximum atomic E-state index is 12.7. The molecule has 0 bridgehead atoms. The number of nitrogens with zero attached hydrogens (tertiary/aromatic N) is 4. The highest BCUT2D eigenvalue weighted by molar-refractivity contribution is 7.91. The SMILES string of the molecule is CCCn1cc(S(=O)(=O)c2ccc(NC(=O)[C@@H]3CC3c3cccnc3)nc2)cn1. The lowest BCUT2D eigenvalue weighted by molar-refractivity contribution is -0.117. The molecule has 1 saturated carbocycles. The van der Waals surface area contributed by atoms with Crippen LogP contribution in [0.5, 0.6) is 0 Å². The fourth-order valence-electron chi connectivity index (χ4n) is 3.25. The van der Waals surface area contributed by atoms with Crippen LogP contribution in [0.2, 0.25) is 0 Å². The summed E-state index contributed by atoms with van der Waals surface area (Å²) < 4.78 is 27.0. The Labute approximate surface area is 168 Å². The minimum Gasteiger partial charge on any atom is -0.310 e. The van der Waals surface area contributed by atoms with Crippen LogP contribution in [0.1, 0.15) is 31.2 Å². The zero-order valence-electron chi connectivity index (χ0n) is 15.9. The molecule has 1 fully saturated rings. The van der Waals surface area contributed by atoms with E-state index in [-0.39, 0.29) is 27.5 Å². The summed E-state index contributed by atoms with van der Waals surface area (Å²) in [6.07, 6.45) is 9.22. The number of aromatic nitrogens is 4. The van der Waals surface area contributed by atoms with Crippen molar-refractivity contribution in [2.45, 2.75) is 42.0 Å². The zero-order chi connectivity index (χ0) is 20.4. The van der Waals surface area contributed by atoms with Crippen molar-refractivity contribution >= 4 is 21.6 Å². The van der Waals surface area contributed by atoms with E-state index in [0.29, 0.717) is 12.4 Å². The minimum absolute atomic E-state index is 0.0613. The van der Waals surface area contributed by atoms with E-state index in [1.54, 1.807) is 17.1 Å². The number of amides is 1. The van der Waals surface area contributed by atoms with Crippen LogP contribution in [0.4, 0.5) is 5.82 Å². The van der Waals surface area contributed by atoms with Crippen molar-refractivity contribution in [3.05, 3.63) is 60.8 Å². The molecule has 1 unspecified atom stereocenters. The summed E-state index contributed by atoms with van der Waals surface area (Å²) in [5.74, 6) is 0.257. The molecule has 1 amide bonds. The van der Waals surface area contributed by atoms with Gasteiger partial charge in [-0.1, -0.05) is 13.0 Å². The number of aryl methyl sites for hydroxylation is 1. The Morgan fingerprint density at radius 3 is 2.76 bits per heavy atom. The van der Waals surface area contributed by atoms with Gasteiger partial charge in [-0.2, -0.15) is 5.10 Å². The van der Waals surface area contributed by atoms with Crippen LogP contribution in [0, 0.1) is 5.92 Å². The number of carbonyl (C=O) groups is 1. The molecular weight excluding hydrogens is 390 g/mol. The second kappa shape index (κ2) is 7.75. The number of anilines is 1. The summed E-state index contributed by atoms with van der Waals surface area (Å²) in [5.41, 5.74) is 1.05. The Balaban J connectivity index is 1.42. The Hall–Kier alpha value is -3.07. The number of pyridine rings is 2. The Morgan fingerprint density at radius 2 is 2.07 bits per heavy atom. The highest BCUT2D eigenvalue weighted by atomic mass is 32.2. The molecule has 4 rings (SSSR count). The van der Waals surface area contributed by atoms with Gasteiger partial charge in [0.15, 0.2) is 0 Å². The molecule has 0 aromatic carbocycles. The van der Waals surface area contributed by atoms with Crippen LogP contribution in [-0.2, 0) is 21.2 Å². The summed E-state index contributed by atoms with van der Waals surface area (Å²) in [4.78, 5) is 20.8. The van der Waals surface area contributed by atoms with E-state index in [1.807, 2.05) is 19.1 Å². The normalized spacial score (nSPS) is 18.4. The van der Waals surface area contributed by atoms with Crippen LogP contribution >= 0.6 is 0 Å². The molecule has 3 aromatic heterocycles. The van der Waals surface area contributed by atoms with Crippen LogP contribution in [0.15, 0.2) is 65.0 Å². The van der Waals surface area contributed by atoms with Gasteiger partial charge < -0.3 is 5.32 Å². The van der Waals surface area contributed by atoms with Crippen molar-refractivity contribution in [1.29, 1.82) is 0 Å². The van der Waals surface area contributed by atoms with Gasteiger partial charge in [-0.3, -0.25) is 14.5 Å². The smallest absolute Gasteiger partial charge is 0.229 e. The zero-order valence-corrected chi connectivity index (χ0v) is 16.7. The highest BCUT2D eigenvalue weighted by Gasteiger charge is 2.44. The minimum atomic E-state index is -3.70. The van der Waals surface area contributed by atoms with Gasteiger partial charge in [0.2, 0.25) is 15.7 Å². The average molecular weight is 411 g/mol. The third-order valence-electron chi connectivity index (χ3n) is 4.91. The molecular formula is C20H21N5O3S. The van der Waals surface area contributed by atoms with Gasteiger partial charge in [0, 0.05) is 37.3 Å². The number of carbonyl (C=O) groups excluding carboxylic acids is 1. The second-order valence-corrected chi connectivity index (χ2v) is 9.00. The van der Waals surface area contributed by atoms with Crippen LogP contribution in [0.25, 0.3) is 0 Å². The van der Waals surface area contributed by atoms with Gasteiger partial charge in [0.1, 0.15) is 10.7 Å². The first-order chi connectivity index (χ1) is 14.0. The van der Waals surface area contributed by atoms with Gasteiger partial charge in [0.05, 0.1) is 11.1 Å². The van der Waals surface area contributed by atoms with Gasteiger partial charge in [-0.15, -0.1) is 0 Å². The summed E-state index contributed by atoms with van der Waals surface area (Å²) in [6.45, 7) is 2.65. The van der Waals surface area contributed by atoms with Crippen molar-refractivity contribution in [1.82, 2.24) is 19.7 Å². The summed E-state index contributed by atoms with van der Waals surface area (Å²) >= 11 is 0. The monoisotopic (exact) mass is 411 g/mol. The topological polar surface area (TPSA) is 107 Å². The molecule has 0 aliphatic heterocycles. The lowest BCUT2D eigenvalue weighted by atomic mass is 10.1. The number of sulfone groups is 1. The van der Waals surface area contributed by atoms with Crippen molar-refractivity contribution in [2.75, 3.05) is 5.32 Å². The Bertz CT molecular complexity index is 1110. The van der Waals surface area contributed by atoms with Crippen LogP contribution in [0.3, 0.4) is 0 Å². The molecule has 0 spiro atoms. The highest BCUT2D eigenvalue weighted by Crippen LogP contribution is 2.47. The van der Waals surface area contributed by atoms with Gasteiger partial charge in [-0.05, 0) is 42.5 Å². The largest absolute Gasteiger partial charge is 0.310 e. The van der Waals surface area contributed by atoms with Crippen LogP contribution in [-0.4, -0.2) is 34.1 Å². The average Bonchev–Trinajstić information content (AvgIpc) is 3.40. The van der Waals surface area contributed by atoms with E-state index in [0.717, 1.165) is 18.4 Å². The predicted octanol–water partition coefficient (Wildman–Crippen LogP) is 2.66. The second-order valence-electron chi connectivity index (χ2n) is 7.05. The Kier molecular flexibility index (Phi) is 5.14. The van der Waals surface area contributed by atoms with E-state index >= 15 is 0 Å². The molecule has 0 radical (unpaired) electrons. The predicted molar refractivity (Wildman–Crippen MR) is 106 cm³/mol. The first-order valence-corrected chi connectivity index (χ1v) is 10.9. The quantitative estimate of drug-likeness (QED) is 0.640. The third-order valence-corrected chi connectivity index (χ3v) is 6.60. The number of hydrogen-bond acceptors (Lipinski definition) is 6. The van der Waals surface area contributed by atoms with E-state index < -0.39 is 9.84 Å². The Morgan fingerprint density at radius 1 is 1.21 bits per heavy atom. The fraction of sp³-hybridized carbons (Fsp3) is 0.300. The maximum Gasteiger partial charge on any atom is 0.229 e. The lowest BCUT2D eigenvalue weighted by Crippen LogP contribution is -2.15. The number of nitrogens with one attached hydrogen (secondary N) is 1. The lowest BCUT2D eigenvalue weighted by Gasteiger charge is -2.06. The van der Waals surface area contributed by atoms with E-state index in [9.17, 15) is 13.2 Å². The molecule has 150 valence electrons. The van der Waals surface area contributed by atoms with Crippen molar-refractivity contribution in [2.24, 2.45) is 5.92 Å². The molecule has 3 aromatic rings. The van der Waals surface area contributed by atoms with Crippen molar-refractivity contribution in [3.8, 4) is 0 Å². The first-order valence-electron chi connectivity index (χ1n) is 9.43. The number of hydrogen-bond donors (Lipinski definition) is 1. The maximum absolute atomic E-state index is 12.7.